The van der Waals surface area contributed by atoms with E-state index in [1.54, 1.807) is 30.5 Å². The average Bonchev–Trinajstić information content (AvgIpc) is 2.80. The molecule has 0 unspecified atom stereocenters. The largest absolute Gasteiger partial charge is 0.326 e. The van der Waals surface area contributed by atoms with Gasteiger partial charge < -0.3 is 10.6 Å². The van der Waals surface area contributed by atoms with Gasteiger partial charge in [-0.2, -0.15) is 5.26 Å². The number of nitriles is 1. The van der Waals surface area contributed by atoms with Crippen LogP contribution in [0.5, 0.6) is 0 Å². The van der Waals surface area contributed by atoms with Gasteiger partial charge in [0, 0.05) is 29.1 Å². The van der Waals surface area contributed by atoms with Crippen molar-refractivity contribution in [2.75, 3.05) is 10.6 Å². The summed E-state index contributed by atoms with van der Waals surface area (Å²) in [5.41, 5.74) is 2.74. The Kier molecular flexibility index (Phi) is 5.71. The number of pyridine rings is 1. The van der Waals surface area contributed by atoms with Crippen molar-refractivity contribution in [3.05, 3.63) is 66.4 Å². The second-order valence-electron chi connectivity index (χ2n) is 7.60. The number of nitrogens with zero attached hydrogens (tertiary/aromatic N) is 2. The molecule has 2 N–H and O–H groups in total. The molecule has 0 radical (unpaired) electrons. The first-order valence-corrected chi connectivity index (χ1v) is 10.1. The number of benzene rings is 2. The van der Waals surface area contributed by atoms with Crippen LogP contribution in [0.1, 0.15) is 31.2 Å². The third kappa shape index (κ3) is 4.31. The van der Waals surface area contributed by atoms with E-state index in [1.807, 2.05) is 30.3 Å². The van der Waals surface area contributed by atoms with Crippen LogP contribution in [0.3, 0.4) is 0 Å². The topological polar surface area (TPSA) is 94.9 Å². The Bertz CT molecular complexity index is 1100. The van der Waals surface area contributed by atoms with Crippen LogP contribution < -0.4 is 10.6 Å². The number of hydrogen-bond acceptors (Lipinski definition) is 4. The fourth-order valence-electron chi connectivity index (χ4n) is 3.93. The number of aromatic nitrogens is 1. The summed E-state index contributed by atoms with van der Waals surface area (Å²) in [4.78, 5) is 29.7. The Morgan fingerprint density at radius 3 is 2.17 bits per heavy atom. The minimum Gasteiger partial charge on any atom is -0.326 e. The van der Waals surface area contributed by atoms with E-state index in [0.717, 1.165) is 16.6 Å². The molecule has 0 bridgehead atoms. The van der Waals surface area contributed by atoms with Crippen LogP contribution in [-0.4, -0.2) is 16.8 Å². The first kappa shape index (κ1) is 19.6. The van der Waals surface area contributed by atoms with Gasteiger partial charge in [-0.1, -0.05) is 18.2 Å². The van der Waals surface area contributed by atoms with Gasteiger partial charge in [0.15, 0.2) is 0 Å². The van der Waals surface area contributed by atoms with Gasteiger partial charge in [-0.15, -0.1) is 0 Å². The molecule has 2 aromatic carbocycles. The smallest absolute Gasteiger partial charge is 0.227 e. The molecule has 1 saturated carbocycles. The highest BCUT2D eigenvalue weighted by molar-refractivity contribution is 6.01. The molecule has 150 valence electrons. The van der Waals surface area contributed by atoms with Crippen LogP contribution in [-0.2, 0) is 9.59 Å². The van der Waals surface area contributed by atoms with E-state index in [-0.39, 0.29) is 23.7 Å². The van der Waals surface area contributed by atoms with E-state index in [0.29, 0.717) is 36.9 Å². The SMILES string of the molecule is N#Cc1ccc(NC(=O)C2CCC(C(=O)Nc3cccc4cccnc34)CC2)cc1. The normalized spacial score (nSPS) is 18.4. The number of amides is 2. The molecule has 1 aliphatic rings. The molecule has 1 heterocycles. The number of carbonyl (C=O) groups is 2. The first-order valence-electron chi connectivity index (χ1n) is 10.1. The first-order chi connectivity index (χ1) is 14.6. The highest BCUT2D eigenvalue weighted by atomic mass is 16.2. The predicted octanol–water partition coefficient (Wildman–Crippen LogP) is 4.49. The lowest BCUT2D eigenvalue weighted by molar-refractivity contribution is -0.125. The molecule has 1 aliphatic carbocycles. The Morgan fingerprint density at radius 2 is 1.50 bits per heavy atom. The van der Waals surface area contributed by atoms with Crippen molar-refractivity contribution >= 4 is 34.1 Å². The second-order valence-corrected chi connectivity index (χ2v) is 7.60. The molecule has 0 aliphatic heterocycles. The van der Waals surface area contributed by atoms with Crippen molar-refractivity contribution in [3.63, 3.8) is 0 Å². The Morgan fingerprint density at radius 1 is 0.867 bits per heavy atom. The molecule has 3 aromatic rings. The molecule has 6 heteroatoms. The van der Waals surface area contributed by atoms with Crippen molar-refractivity contribution in [1.82, 2.24) is 4.98 Å². The quantitative estimate of drug-likeness (QED) is 0.677. The van der Waals surface area contributed by atoms with E-state index in [2.05, 4.69) is 21.7 Å². The molecule has 0 atom stereocenters. The molecule has 2 amide bonds. The molecule has 0 saturated heterocycles. The zero-order valence-electron chi connectivity index (χ0n) is 16.5. The zero-order valence-corrected chi connectivity index (χ0v) is 16.5. The van der Waals surface area contributed by atoms with Gasteiger partial charge in [-0.05, 0) is 62.1 Å². The van der Waals surface area contributed by atoms with Crippen LogP contribution in [0.4, 0.5) is 11.4 Å². The van der Waals surface area contributed by atoms with Crippen molar-refractivity contribution in [1.29, 1.82) is 5.26 Å². The monoisotopic (exact) mass is 398 g/mol. The standard InChI is InChI=1S/C24H22N4O2/c25-15-16-6-12-20(13-7-16)27-23(29)18-8-10-19(11-9-18)24(30)28-21-5-1-3-17-4-2-14-26-22(17)21/h1-7,12-14,18-19H,8-11H2,(H,27,29)(H,28,30). The Balaban J connectivity index is 1.33. The molecule has 1 aromatic heterocycles. The molecular formula is C24H22N4O2. The van der Waals surface area contributed by atoms with Gasteiger partial charge in [0.25, 0.3) is 0 Å². The van der Waals surface area contributed by atoms with E-state index < -0.39 is 0 Å². The minimum atomic E-state index is -0.108. The van der Waals surface area contributed by atoms with Crippen molar-refractivity contribution in [2.24, 2.45) is 11.8 Å². The number of para-hydroxylation sites is 1. The van der Waals surface area contributed by atoms with Gasteiger partial charge >= 0.3 is 0 Å². The maximum Gasteiger partial charge on any atom is 0.227 e. The van der Waals surface area contributed by atoms with Gasteiger partial charge in [-0.25, -0.2) is 0 Å². The molecular weight excluding hydrogens is 376 g/mol. The number of nitrogens with one attached hydrogen (secondary N) is 2. The van der Waals surface area contributed by atoms with Crippen molar-refractivity contribution < 1.29 is 9.59 Å². The minimum absolute atomic E-state index is 0.0147. The number of carbonyl (C=O) groups excluding carboxylic acids is 2. The lowest BCUT2D eigenvalue weighted by atomic mass is 9.81. The molecule has 4 rings (SSSR count). The average molecular weight is 398 g/mol. The van der Waals surface area contributed by atoms with Gasteiger partial charge in [0.1, 0.15) is 0 Å². The predicted molar refractivity (Wildman–Crippen MR) is 116 cm³/mol. The fraction of sp³-hybridized carbons (Fsp3) is 0.250. The molecule has 0 spiro atoms. The third-order valence-electron chi connectivity index (χ3n) is 5.64. The van der Waals surface area contributed by atoms with Crippen molar-refractivity contribution in [2.45, 2.75) is 25.7 Å². The highest BCUT2D eigenvalue weighted by Gasteiger charge is 2.30. The lowest BCUT2D eigenvalue weighted by Gasteiger charge is -2.27. The second kappa shape index (κ2) is 8.75. The Hall–Kier alpha value is -3.72. The maximum absolute atomic E-state index is 12.8. The van der Waals surface area contributed by atoms with Gasteiger partial charge in [0.05, 0.1) is 22.8 Å². The Labute approximate surface area is 174 Å². The van der Waals surface area contributed by atoms with E-state index in [9.17, 15) is 9.59 Å². The molecule has 1 fully saturated rings. The fourth-order valence-corrected chi connectivity index (χ4v) is 3.93. The summed E-state index contributed by atoms with van der Waals surface area (Å²) < 4.78 is 0. The third-order valence-corrected chi connectivity index (χ3v) is 5.64. The summed E-state index contributed by atoms with van der Waals surface area (Å²) in [6.45, 7) is 0. The van der Waals surface area contributed by atoms with Crippen LogP contribution in [0.25, 0.3) is 10.9 Å². The summed E-state index contributed by atoms with van der Waals surface area (Å²) in [5.74, 6) is -0.261. The summed E-state index contributed by atoms with van der Waals surface area (Å²) in [6.07, 6.45) is 4.42. The van der Waals surface area contributed by atoms with Gasteiger partial charge in [0.2, 0.25) is 11.8 Å². The summed E-state index contributed by atoms with van der Waals surface area (Å²) in [6, 6.07) is 18.5. The lowest BCUT2D eigenvalue weighted by Crippen LogP contribution is -2.32. The van der Waals surface area contributed by atoms with Crippen LogP contribution in [0.2, 0.25) is 0 Å². The van der Waals surface area contributed by atoms with E-state index in [4.69, 9.17) is 5.26 Å². The van der Waals surface area contributed by atoms with Crippen LogP contribution in [0.15, 0.2) is 60.8 Å². The zero-order chi connectivity index (χ0) is 20.9. The maximum atomic E-state index is 12.8. The number of fused-ring (bicyclic) bond motifs is 1. The summed E-state index contributed by atoms with van der Waals surface area (Å²) in [7, 11) is 0. The number of hydrogen-bond donors (Lipinski definition) is 2. The summed E-state index contributed by atoms with van der Waals surface area (Å²) in [5, 5.41) is 15.8. The molecule has 30 heavy (non-hydrogen) atoms. The van der Waals surface area contributed by atoms with E-state index in [1.165, 1.54) is 0 Å². The van der Waals surface area contributed by atoms with Crippen LogP contribution >= 0.6 is 0 Å². The molecule has 6 nitrogen and oxygen atoms in total. The highest BCUT2D eigenvalue weighted by Crippen LogP contribution is 2.31. The van der Waals surface area contributed by atoms with Crippen molar-refractivity contribution in [3.8, 4) is 6.07 Å². The summed E-state index contributed by atoms with van der Waals surface area (Å²) >= 11 is 0. The number of rotatable bonds is 4. The number of anilines is 2. The van der Waals surface area contributed by atoms with Gasteiger partial charge in [-0.3, -0.25) is 14.6 Å². The van der Waals surface area contributed by atoms with E-state index >= 15 is 0 Å². The van der Waals surface area contributed by atoms with Crippen LogP contribution in [0, 0.1) is 23.2 Å².